The number of aromatic nitrogens is 1. The lowest BCUT2D eigenvalue weighted by Crippen LogP contribution is -2.23. The van der Waals surface area contributed by atoms with E-state index < -0.39 is 16.1 Å². The molecule has 5 nitrogen and oxygen atoms in total. The summed E-state index contributed by atoms with van der Waals surface area (Å²) >= 11 is 0. The second-order valence-electron chi connectivity index (χ2n) is 4.68. The minimum atomic E-state index is -3.61. The molecule has 0 aliphatic heterocycles. The molecule has 1 aromatic carbocycles. The van der Waals surface area contributed by atoms with Crippen LogP contribution >= 0.6 is 0 Å². The number of pyridine rings is 1. The Morgan fingerprint density at radius 2 is 2.10 bits per heavy atom. The molecule has 2 rings (SSSR count). The van der Waals surface area contributed by atoms with Gasteiger partial charge in [0.25, 0.3) is 0 Å². The van der Waals surface area contributed by atoms with Gasteiger partial charge in [-0.25, -0.2) is 13.1 Å². The molecule has 1 atom stereocenters. The first-order valence-electron chi connectivity index (χ1n) is 6.69. The first kappa shape index (κ1) is 15.6. The number of hydrogen-bond donors (Lipinski definition) is 2. The topological polar surface area (TPSA) is 79.3 Å². The van der Waals surface area contributed by atoms with E-state index in [1.165, 1.54) is 12.1 Å². The lowest BCUT2D eigenvalue weighted by Gasteiger charge is -2.11. The van der Waals surface area contributed by atoms with E-state index in [2.05, 4.69) is 9.71 Å². The summed E-state index contributed by atoms with van der Waals surface area (Å²) in [6, 6.07) is 9.91. The highest BCUT2D eigenvalue weighted by Gasteiger charge is 2.15. The van der Waals surface area contributed by atoms with E-state index >= 15 is 0 Å². The van der Waals surface area contributed by atoms with E-state index in [0.29, 0.717) is 12.0 Å². The van der Waals surface area contributed by atoms with Gasteiger partial charge in [-0.3, -0.25) is 4.98 Å². The monoisotopic (exact) mass is 306 g/mol. The third-order valence-electron chi connectivity index (χ3n) is 3.13. The van der Waals surface area contributed by atoms with Gasteiger partial charge in [-0.2, -0.15) is 0 Å². The van der Waals surface area contributed by atoms with Gasteiger partial charge in [-0.05, 0) is 35.7 Å². The van der Waals surface area contributed by atoms with Crippen LogP contribution in [-0.4, -0.2) is 18.5 Å². The number of sulfonamides is 1. The lowest BCUT2D eigenvalue weighted by atomic mass is 10.1. The molecule has 0 radical (unpaired) electrons. The van der Waals surface area contributed by atoms with Gasteiger partial charge in [0.1, 0.15) is 0 Å². The van der Waals surface area contributed by atoms with Crippen molar-refractivity contribution < 1.29 is 13.5 Å². The van der Waals surface area contributed by atoms with Crippen LogP contribution in [0.1, 0.15) is 30.6 Å². The van der Waals surface area contributed by atoms with Crippen LogP contribution in [0.15, 0.2) is 53.7 Å². The van der Waals surface area contributed by atoms with Crippen LogP contribution in [0.4, 0.5) is 0 Å². The molecule has 6 heteroatoms. The summed E-state index contributed by atoms with van der Waals surface area (Å²) in [4.78, 5) is 4.09. The van der Waals surface area contributed by atoms with Crippen molar-refractivity contribution in [3.05, 3.63) is 59.9 Å². The summed E-state index contributed by atoms with van der Waals surface area (Å²) in [5, 5.41) is 9.80. The van der Waals surface area contributed by atoms with Gasteiger partial charge in [0.15, 0.2) is 0 Å². The second kappa shape index (κ2) is 6.80. The summed E-state index contributed by atoms with van der Waals surface area (Å²) < 4.78 is 27.0. The Balaban J connectivity index is 2.16. The predicted octanol–water partition coefficient (Wildman–Crippen LogP) is 2.00. The number of aliphatic hydroxyl groups is 1. The van der Waals surface area contributed by atoms with Gasteiger partial charge < -0.3 is 5.11 Å². The first-order chi connectivity index (χ1) is 10.0. The molecule has 2 N–H and O–H groups in total. The summed E-state index contributed by atoms with van der Waals surface area (Å²) in [5.74, 6) is 0. The van der Waals surface area contributed by atoms with Crippen LogP contribution in [0.5, 0.6) is 0 Å². The fraction of sp³-hybridized carbons (Fsp3) is 0.267. The number of hydrogen-bond acceptors (Lipinski definition) is 4. The Bertz CT molecular complexity index is 687. The highest BCUT2D eigenvalue weighted by molar-refractivity contribution is 7.89. The van der Waals surface area contributed by atoms with E-state index in [4.69, 9.17) is 0 Å². The number of nitrogens with zero attached hydrogens (tertiary/aromatic N) is 1. The molecule has 0 saturated carbocycles. The quantitative estimate of drug-likeness (QED) is 0.855. The van der Waals surface area contributed by atoms with Crippen molar-refractivity contribution in [1.82, 2.24) is 9.71 Å². The Morgan fingerprint density at radius 3 is 2.76 bits per heavy atom. The maximum Gasteiger partial charge on any atom is 0.240 e. The standard InChI is InChI=1S/C15H18N2O3S/c1-2-15(18)13-6-3-7-14(9-13)21(19,20)17-11-12-5-4-8-16-10-12/h3-10,15,17-18H,2,11H2,1H3. The molecule has 0 fully saturated rings. The summed E-state index contributed by atoms with van der Waals surface area (Å²) in [7, 11) is -3.61. The van der Waals surface area contributed by atoms with Crippen LogP contribution in [-0.2, 0) is 16.6 Å². The van der Waals surface area contributed by atoms with Crippen molar-refractivity contribution in [3.63, 3.8) is 0 Å². The molecule has 0 aliphatic carbocycles. The Labute approximate surface area is 124 Å². The lowest BCUT2D eigenvalue weighted by molar-refractivity contribution is 0.173. The summed E-state index contributed by atoms with van der Waals surface area (Å²) in [6.07, 6.45) is 3.12. The third kappa shape index (κ3) is 4.10. The van der Waals surface area contributed by atoms with E-state index in [9.17, 15) is 13.5 Å². The molecule has 112 valence electrons. The van der Waals surface area contributed by atoms with Crippen LogP contribution in [0.25, 0.3) is 0 Å². The largest absolute Gasteiger partial charge is 0.388 e. The van der Waals surface area contributed by atoms with Crippen LogP contribution in [0.3, 0.4) is 0 Å². The minimum absolute atomic E-state index is 0.149. The highest BCUT2D eigenvalue weighted by Crippen LogP contribution is 2.19. The highest BCUT2D eigenvalue weighted by atomic mass is 32.2. The van der Waals surface area contributed by atoms with E-state index in [1.807, 2.05) is 6.92 Å². The normalized spacial score (nSPS) is 13.0. The van der Waals surface area contributed by atoms with Crippen LogP contribution in [0, 0.1) is 0 Å². The smallest absolute Gasteiger partial charge is 0.240 e. The van der Waals surface area contributed by atoms with E-state index in [0.717, 1.165) is 5.56 Å². The van der Waals surface area contributed by atoms with E-state index in [-0.39, 0.29) is 11.4 Å². The molecule has 0 spiro atoms. The molecule has 0 saturated heterocycles. The third-order valence-corrected chi connectivity index (χ3v) is 4.53. The molecule has 21 heavy (non-hydrogen) atoms. The zero-order chi connectivity index (χ0) is 15.3. The number of nitrogens with one attached hydrogen (secondary N) is 1. The molecule has 1 aromatic heterocycles. The van der Waals surface area contributed by atoms with Gasteiger partial charge >= 0.3 is 0 Å². The van der Waals surface area contributed by atoms with Crippen molar-refractivity contribution >= 4 is 10.0 Å². The fourth-order valence-corrected chi connectivity index (χ4v) is 2.96. The van der Waals surface area contributed by atoms with Gasteiger partial charge in [-0.1, -0.05) is 25.1 Å². The zero-order valence-electron chi connectivity index (χ0n) is 11.7. The van der Waals surface area contributed by atoms with Gasteiger partial charge in [0, 0.05) is 18.9 Å². The van der Waals surface area contributed by atoms with Crippen molar-refractivity contribution in [2.45, 2.75) is 30.9 Å². The van der Waals surface area contributed by atoms with Gasteiger partial charge in [-0.15, -0.1) is 0 Å². The number of aliphatic hydroxyl groups excluding tert-OH is 1. The van der Waals surface area contributed by atoms with Crippen LogP contribution < -0.4 is 4.72 Å². The van der Waals surface area contributed by atoms with Gasteiger partial charge in [0.05, 0.1) is 11.0 Å². The molecular weight excluding hydrogens is 288 g/mol. The average molecular weight is 306 g/mol. The van der Waals surface area contributed by atoms with Crippen molar-refractivity contribution in [2.24, 2.45) is 0 Å². The molecule has 1 heterocycles. The molecule has 0 aliphatic rings. The first-order valence-corrected chi connectivity index (χ1v) is 8.18. The Hall–Kier alpha value is -1.76. The van der Waals surface area contributed by atoms with Crippen molar-refractivity contribution in [3.8, 4) is 0 Å². The molecule has 1 unspecified atom stereocenters. The number of benzene rings is 1. The van der Waals surface area contributed by atoms with E-state index in [1.54, 1.807) is 36.7 Å². The summed E-state index contributed by atoms with van der Waals surface area (Å²) in [6.45, 7) is 2.02. The summed E-state index contributed by atoms with van der Waals surface area (Å²) in [5.41, 5.74) is 1.38. The maximum absolute atomic E-state index is 12.3. The predicted molar refractivity (Wildman–Crippen MR) is 80.0 cm³/mol. The van der Waals surface area contributed by atoms with Crippen molar-refractivity contribution in [2.75, 3.05) is 0 Å². The molecule has 2 aromatic rings. The Kier molecular flexibility index (Phi) is 5.06. The molecule has 0 bridgehead atoms. The average Bonchev–Trinajstić information content (AvgIpc) is 2.53. The minimum Gasteiger partial charge on any atom is -0.388 e. The zero-order valence-corrected chi connectivity index (χ0v) is 12.5. The van der Waals surface area contributed by atoms with Crippen LogP contribution in [0.2, 0.25) is 0 Å². The second-order valence-corrected chi connectivity index (χ2v) is 6.45. The number of rotatable bonds is 6. The Morgan fingerprint density at radius 1 is 1.29 bits per heavy atom. The van der Waals surface area contributed by atoms with Crippen molar-refractivity contribution in [1.29, 1.82) is 0 Å². The SMILES string of the molecule is CCC(O)c1cccc(S(=O)(=O)NCc2cccnc2)c1. The fourth-order valence-electron chi connectivity index (χ4n) is 1.89. The molecule has 0 amide bonds. The van der Waals surface area contributed by atoms with Gasteiger partial charge in [0.2, 0.25) is 10.0 Å². The maximum atomic E-state index is 12.3. The molecular formula is C15H18N2O3S.